The van der Waals surface area contributed by atoms with Crippen LogP contribution in [0, 0.1) is 29.6 Å². The number of aryl methyl sites for hydroxylation is 1. The van der Waals surface area contributed by atoms with Crippen LogP contribution in [0.3, 0.4) is 0 Å². The first-order valence-electron chi connectivity index (χ1n) is 6.76. The van der Waals surface area contributed by atoms with Gasteiger partial charge in [-0.2, -0.15) is 5.26 Å². The first-order chi connectivity index (χ1) is 10.4. The monoisotopic (exact) mass is 302 g/mol. The highest BCUT2D eigenvalue weighted by molar-refractivity contribution is 6.05. The van der Waals surface area contributed by atoms with Crippen LogP contribution in [-0.4, -0.2) is 30.7 Å². The molecule has 0 radical (unpaired) electrons. The van der Waals surface area contributed by atoms with Crippen molar-refractivity contribution in [1.82, 2.24) is 0 Å². The Morgan fingerprint density at radius 2 is 2.14 bits per heavy atom. The molecule has 116 valence electrons. The summed E-state index contributed by atoms with van der Waals surface area (Å²) >= 11 is 0. The molecule has 0 spiro atoms. The molecule has 0 aliphatic carbocycles. The number of carbonyl (C=O) groups excluding carboxylic acids is 2. The summed E-state index contributed by atoms with van der Waals surface area (Å²) in [6.45, 7) is 2.94. The minimum atomic E-state index is -1.16. The number of carbonyl (C=O) groups is 2. The van der Waals surface area contributed by atoms with Crippen molar-refractivity contribution in [2.24, 2.45) is 5.92 Å². The maximum atomic E-state index is 11.6. The second-order valence-electron chi connectivity index (χ2n) is 4.79. The maximum Gasteiger partial charge on any atom is 0.309 e. The fourth-order valence-electron chi connectivity index (χ4n) is 1.67. The summed E-state index contributed by atoms with van der Waals surface area (Å²) in [5.41, 5.74) is 0.988. The molecule has 6 nitrogen and oxygen atoms in total. The van der Waals surface area contributed by atoms with E-state index in [1.54, 1.807) is 12.1 Å². The largest absolute Gasteiger partial charge is 0.493 e. The van der Waals surface area contributed by atoms with Gasteiger partial charge >= 0.3 is 5.97 Å². The number of Topliss-reactive ketones (excluding diaryl/α,β-unsaturated/α-hetero) is 1. The molecule has 0 aliphatic heterocycles. The van der Waals surface area contributed by atoms with Crippen molar-refractivity contribution < 1.29 is 19.1 Å². The van der Waals surface area contributed by atoms with E-state index in [0.717, 1.165) is 5.56 Å². The highest BCUT2D eigenvalue weighted by Gasteiger charge is 2.21. The first kappa shape index (κ1) is 17.4. The van der Waals surface area contributed by atoms with E-state index in [9.17, 15) is 9.59 Å². The SMILES string of the molecule is CC(=N)[C@H](C#N)C(=O)COC(=O)CCOc1cccc(C)c1. The molecule has 1 aromatic rings. The van der Waals surface area contributed by atoms with Crippen molar-refractivity contribution in [2.75, 3.05) is 13.2 Å². The van der Waals surface area contributed by atoms with Gasteiger partial charge in [0.15, 0.2) is 12.4 Å². The van der Waals surface area contributed by atoms with Crippen molar-refractivity contribution in [3.05, 3.63) is 29.8 Å². The summed E-state index contributed by atoms with van der Waals surface area (Å²) < 4.78 is 10.2. The van der Waals surface area contributed by atoms with E-state index < -0.39 is 24.3 Å². The lowest BCUT2D eigenvalue weighted by atomic mass is 10.0. The standard InChI is InChI=1S/C16H18N2O4/c1-11-4-3-5-13(8-11)21-7-6-16(20)22-10-15(19)14(9-17)12(2)18/h3-5,8,14,18H,6-7,10H2,1-2H3/t14-/m0/s1. The zero-order valence-electron chi connectivity index (χ0n) is 12.6. The molecular weight excluding hydrogens is 284 g/mol. The smallest absolute Gasteiger partial charge is 0.309 e. The van der Waals surface area contributed by atoms with Crippen LogP contribution in [0.1, 0.15) is 18.9 Å². The van der Waals surface area contributed by atoms with E-state index in [2.05, 4.69) is 0 Å². The van der Waals surface area contributed by atoms with Gasteiger partial charge in [-0.25, -0.2) is 0 Å². The van der Waals surface area contributed by atoms with Gasteiger partial charge in [0.1, 0.15) is 11.7 Å². The molecule has 1 N–H and O–H groups in total. The quantitative estimate of drug-likeness (QED) is 0.585. The number of nitrogens with zero attached hydrogens (tertiary/aromatic N) is 1. The van der Waals surface area contributed by atoms with Crippen LogP contribution in [0.25, 0.3) is 0 Å². The molecule has 0 saturated carbocycles. The van der Waals surface area contributed by atoms with E-state index in [1.165, 1.54) is 6.92 Å². The van der Waals surface area contributed by atoms with Crippen LogP contribution < -0.4 is 4.74 Å². The molecule has 0 heterocycles. The molecule has 0 saturated heterocycles. The van der Waals surface area contributed by atoms with Gasteiger partial charge in [0.25, 0.3) is 0 Å². The van der Waals surface area contributed by atoms with Gasteiger partial charge < -0.3 is 14.9 Å². The average Bonchev–Trinajstić information content (AvgIpc) is 2.45. The second kappa shape index (κ2) is 8.57. The van der Waals surface area contributed by atoms with E-state index in [0.29, 0.717) is 5.75 Å². The zero-order valence-corrected chi connectivity index (χ0v) is 12.6. The predicted molar refractivity (Wildman–Crippen MR) is 79.8 cm³/mol. The molecule has 0 aliphatic rings. The van der Waals surface area contributed by atoms with Crippen LogP contribution in [0.15, 0.2) is 24.3 Å². The number of nitrogens with one attached hydrogen (secondary N) is 1. The number of esters is 1. The van der Waals surface area contributed by atoms with Crippen LogP contribution in [0.2, 0.25) is 0 Å². The summed E-state index contributed by atoms with van der Waals surface area (Å²) in [6, 6.07) is 9.12. The molecule has 0 aromatic heterocycles. The third-order valence-electron chi connectivity index (χ3n) is 2.82. The molecule has 0 unspecified atom stereocenters. The van der Waals surface area contributed by atoms with Crippen molar-refractivity contribution in [1.29, 1.82) is 10.7 Å². The maximum absolute atomic E-state index is 11.6. The Balaban J connectivity index is 2.31. The van der Waals surface area contributed by atoms with Gasteiger partial charge in [-0.15, -0.1) is 0 Å². The van der Waals surface area contributed by atoms with Crippen molar-refractivity contribution >= 4 is 17.5 Å². The summed E-state index contributed by atoms with van der Waals surface area (Å²) in [7, 11) is 0. The fraction of sp³-hybridized carbons (Fsp3) is 0.375. The summed E-state index contributed by atoms with van der Waals surface area (Å²) in [6.07, 6.45) is 0.00200. The highest BCUT2D eigenvalue weighted by Crippen LogP contribution is 2.12. The molecule has 1 atom stereocenters. The predicted octanol–water partition coefficient (Wildman–Crippen LogP) is 2.06. The molecule has 1 aromatic carbocycles. The van der Waals surface area contributed by atoms with E-state index in [1.807, 2.05) is 25.1 Å². The molecule has 0 bridgehead atoms. The number of rotatable bonds is 8. The minimum absolute atomic E-state index is 0.00200. The van der Waals surface area contributed by atoms with Gasteiger partial charge in [0, 0.05) is 5.71 Å². The summed E-state index contributed by atoms with van der Waals surface area (Å²) in [5, 5.41) is 16.0. The zero-order chi connectivity index (χ0) is 16.5. The number of benzene rings is 1. The van der Waals surface area contributed by atoms with E-state index in [-0.39, 0.29) is 18.7 Å². The van der Waals surface area contributed by atoms with Crippen LogP contribution in [0.5, 0.6) is 5.75 Å². The van der Waals surface area contributed by atoms with Gasteiger partial charge in [-0.1, -0.05) is 12.1 Å². The molecule has 0 fully saturated rings. The number of ketones is 1. The number of hydrogen-bond donors (Lipinski definition) is 1. The van der Waals surface area contributed by atoms with Gasteiger partial charge in [0.05, 0.1) is 19.1 Å². The Labute approximate surface area is 129 Å². The van der Waals surface area contributed by atoms with Gasteiger partial charge in [-0.3, -0.25) is 9.59 Å². The van der Waals surface area contributed by atoms with Crippen LogP contribution >= 0.6 is 0 Å². The van der Waals surface area contributed by atoms with E-state index >= 15 is 0 Å². The summed E-state index contributed by atoms with van der Waals surface area (Å²) in [4.78, 5) is 23.1. The Kier molecular flexibility index (Phi) is 6.77. The molecule has 6 heteroatoms. The normalized spacial score (nSPS) is 11.1. The van der Waals surface area contributed by atoms with Gasteiger partial charge in [0.2, 0.25) is 0 Å². The number of nitriles is 1. The van der Waals surface area contributed by atoms with E-state index in [4.69, 9.17) is 20.1 Å². The third kappa shape index (κ3) is 5.75. The average molecular weight is 302 g/mol. The van der Waals surface area contributed by atoms with Crippen molar-refractivity contribution in [3.8, 4) is 11.8 Å². The highest BCUT2D eigenvalue weighted by atomic mass is 16.5. The molecule has 1 rings (SSSR count). The Morgan fingerprint density at radius 3 is 2.73 bits per heavy atom. The molecule has 0 amide bonds. The lowest BCUT2D eigenvalue weighted by molar-refractivity contribution is -0.148. The lowest BCUT2D eigenvalue weighted by Gasteiger charge is -2.08. The molecular formula is C16H18N2O4. The van der Waals surface area contributed by atoms with Gasteiger partial charge in [-0.05, 0) is 31.5 Å². The fourth-order valence-corrected chi connectivity index (χ4v) is 1.67. The van der Waals surface area contributed by atoms with Crippen molar-refractivity contribution in [3.63, 3.8) is 0 Å². The van der Waals surface area contributed by atoms with Crippen molar-refractivity contribution in [2.45, 2.75) is 20.3 Å². The second-order valence-corrected chi connectivity index (χ2v) is 4.79. The Morgan fingerprint density at radius 1 is 1.41 bits per heavy atom. The van der Waals surface area contributed by atoms with Crippen LogP contribution in [-0.2, 0) is 14.3 Å². The number of ether oxygens (including phenoxy) is 2. The molecule has 22 heavy (non-hydrogen) atoms. The lowest BCUT2D eigenvalue weighted by Crippen LogP contribution is -2.25. The van der Waals surface area contributed by atoms with Crippen LogP contribution in [0.4, 0.5) is 0 Å². The Hall–Kier alpha value is -2.68. The Bertz CT molecular complexity index is 604. The first-order valence-corrected chi connectivity index (χ1v) is 6.76. The summed E-state index contributed by atoms with van der Waals surface area (Å²) in [5.74, 6) is -1.67. The topological polar surface area (TPSA) is 100 Å². The minimum Gasteiger partial charge on any atom is -0.493 e. The number of hydrogen-bond acceptors (Lipinski definition) is 6. The third-order valence-corrected chi connectivity index (χ3v) is 2.82.